The van der Waals surface area contributed by atoms with Gasteiger partial charge in [-0.3, -0.25) is 0 Å². The molecule has 2 aromatic carbocycles. The van der Waals surface area contributed by atoms with Gasteiger partial charge in [-0.15, -0.1) is 0 Å². The lowest BCUT2D eigenvalue weighted by atomic mass is 9.66. The number of rotatable bonds is 6. The topological polar surface area (TPSA) is 26.3 Å². The summed E-state index contributed by atoms with van der Waals surface area (Å²) < 4.78 is 13.3. The highest BCUT2D eigenvalue weighted by molar-refractivity contribution is 6.80. The molecule has 0 saturated heterocycles. The van der Waals surface area contributed by atoms with Crippen LogP contribution < -0.4 is 0 Å². The summed E-state index contributed by atoms with van der Waals surface area (Å²) in [6, 6.07) is 32.3. The summed E-state index contributed by atoms with van der Waals surface area (Å²) >= 11 is 0. The second-order valence-electron chi connectivity index (χ2n) is 17.1. The van der Waals surface area contributed by atoms with E-state index in [2.05, 4.69) is 126 Å². The molecule has 0 amide bonds. The summed E-state index contributed by atoms with van der Waals surface area (Å²) in [6.45, 7) is 15.0. The molecule has 2 aromatic heterocycles. The Morgan fingerprint density at radius 1 is 0.511 bits per heavy atom. The van der Waals surface area contributed by atoms with E-state index in [1.807, 2.05) is 0 Å². The molecular formula is C44H56O2Si. The van der Waals surface area contributed by atoms with Crippen molar-refractivity contribution in [3.05, 3.63) is 119 Å². The van der Waals surface area contributed by atoms with Crippen molar-refractivity contribution in [1.29, 1.82) is 0 Å². The van der Waals surface area contributed by atoms with Gasteiger partial charge < -0.3 is 8.83 Å². The number of hydrogen-bond donors (Lipinski definition) is 0. The van der Waals surface area contributed by atoms with Crippen molar-refractivity contribution < 1.29 is 8.83 Å². The summed E-state index contributed by atoms with van der Waals surface area (Å²) in [4.78, 5) is 0. The van der Waals surface area contributed by atoms with Crippen molar-refractivity contribution in [2.75, 3.05) is 0 Å². The lowest BCUT2D eigenvalue weighted by molar-refractivity contribution is 0.171. The molecule has 12 atom stereocenters. The van der Waals surface area contributed by atoms with Gasteiger partial charge in [0.05, 0.1) is 8.07 Å². The predicted molar refractivity (Wildman–Crippen MR) is 196 cm³/mol. The monoisotopic (exact) mass is 644 g/mol. The van der Waals surface area contributed by atoms with E-state index in [-0.39, 0.29) is 0 Å². The maximum atomic E-state index is 6.64. The number of fused-ring (bicyclic) bond motifs is 2. The van der Waals surface area contributed by atoms with E-state index >= 15 is 0 Å². The molecule has 0 N–H and O–H groups in total. The zero-order chi connectivity index (χ0) is 32.4. The van der Waals surface area contributed by atoms with Gasteiger partial charge in [0.25, 0.3) is 0 Å². The Hall–Kier alpha value is -2.78. The second kappa shape index (κ2) is 12.3. The maximum Gasteiger partial charge on any atom is 0.107 e. The van der Waals surface area contributed by atoms with Crippen molar-refractivity contribution in [1.82, 2.24) is 0 Å². The molecule has 4 aromatic rings. The molecule has 0 radical (unpaired) electrons. The SMILES string of the molecule is Cc1ccc(C2CC3C(CCC(C)C3c3ccccc3)C2[Si](C)(C)C2C(c3ccc(C)o3)CC3C2CCC(C)C3c2ccccc2)o1. The Bertz CT molecular complexity index is 1530. The van der Waals surface area contributed by atoms with Crippen LogP contribution in [0.3, 0.4) is 0 Å². The highest BCUT2D eigenvalue weighted by Gasteiger charge is 2.63. The largest absolute Gasteiger partial charge is 0.466 e. The molecule has 3 heteroatoms. The molecule has 4 aliphatic carbocycles. The van der Waals surface area contributed by atoms with Gasteiger partial charge in [-0.05, 0) is 146 Å². The minimum Gasteiger partial charge on any atom is -0.466 e. The minimum atomic E-state index is -1.95. The standard InChI is InChI=1S/C44H56O2Si/c1-27-17-21-33-35(41(27)31-13-9-7-10-14-31)25-37(39-23-19-29(3)45-39)43(33)47(5,6)44-34-22-18-28(2)42(32-15-11-8-12-16-32)36(34)26-38(44)40-24-20-30(4)46-40/h7-16,19-20,23-24,27-28,33-38,41-44H,17-18,21-22,25-26H2,1-6H3. The molecule has 2 nitrogen and oxygen atoms in total. The average Bonchev–Trinajstić information content (AvgIpc) is 3.86. The summed E-state index contributed by atoms with van der Waals surface area (Å²) in [7, 11) is -1.95. The van der Waals surface area contributed by atoms with Crippen LogP contribution >= 0.6 is 0 Å². The van der Waals surface area contributed by atoms with Gasteiger partial charge in [-0.25, -0.2) is 0 Å². The molecule has 12 unspecified atom stereocenters. The fraction of sp³-hybridized carbons (Fsp3) is 0.545. The molecule has 47 heavy (non-hydrogen) atoms. The summed E-state index contributed by atoms with van der Waals surface area (Å²) in [6.07, 6.45) is 7.99. The number of hydrogen-bond acceptors (Lipinski definition) is 2. The van der Waals surface area contributed by atoms with Crippen LogP contribution in [-0.4, -0.2) is 8.07 Å². The van der Waals surface area contributed by atoms with Crippen molar-refractivity contribution in [2.24, 2.45) is 35.5 Å². The summed E-state index contributed by atoms with van der Waals surface area (Å²) in [5.41, 5.74) is 4.57. The quantitative estimate of drug-likeness (QED) is 0.195. The molecule has 0 aliphatic heterocycles. The van der Waals surface area contributed by atoms with Crippen molar-refractivity contribution >= 4 is 8.07 Å². The van der Waals surface area contributed by atoms with Gasteiger partial charge in [-0.2, -0.15) is 0 Å². The third-order valence-electron chi connectivity index (χ3n) is 14.3. The van der Waals surface area contributed by atoms with Gasteiger partial charge in [0, 0.05) is 11.8 Å². The van der Waals surface area contributed by atoms with Gasteiger partial charge in [0.2, 0.25) is 0 Å². The van der Waals surface area contributed by atoms with E-state index in [1.165, 1.54) is 50.0 Å². The molecule has 4 aliphatic rings. The molecular weight excluding hydrogens is 589 g/mol. The number of benzene rings is 2. The lowest BCUT2D eigenvalue weighted by Crippen LogP contribution is -2.47. The normalized spacial score (nSPS) is 37.1. The fourth-order valence-corrected chi connectivity index (χ4v) is 19.0. The van der Waals surface area contributed by atoms with Crippen molar-refractivity contribution in [2.45, 2.75) is 114 Å². The number of furan rings is 2. The highest BCUT2D eigenvalue weighted by atomic mass is 28.3. The molecule has 0 bridgehead atoms. The average molecular weight is 645 g/mol. The Labute approximate surface area is 284 Å². The third kappa shape index (κ3) is 5.34. The van der Waals surface area contributed by atoms with Crippen LogP contribution in [-0.2, 0) is 0 Å². The zero-order valence-corrected chi connectivity index (χ0v) is 30.6. The highest BCUT2D eigenvalue weighted by Crippen LogP contribution is 2.71. The number of aryl methyl sites for hydroxylation is 2. The smallest absolute Gasteiger partial charge is 0.107 e. The molecule has 0 spiro atoms. The minimum absolute atomic E-state index is 0.516. The van der Waals surface area contributed by atoms with E-state index in [1.54, 1.807) is 11.1 Å². The van der Waals surface area contributed by atoms with Gasteiger partial charge >= 0.3 is 0 Å². The predicted octanol–water partition coefficient (Wildman–Crippen LogP) is 12.5. The molecule has 4 saturated carbocycles. The van der Waals surface area contributed by atoms with E-state index in [0.29, 0.717) is 34.8 Å². The van der Waals surface area contributed by atoms with Crippen LogP contribution in [0.5, 0.6) is 0 Å². The molecule has 248 valence electrons. The molecule has 2 heterocycles. The van der Waals surface area contributed by atoms with Crippen LogP contribution in [0, 0.1) is 49.4 Å². The Morgan fingerprint density at radius 2 is 0.915 bits per heavy atom. The van der Waals surface area contributed by atoms with Crippen LogP contribution in [0.1, 0.15) is 110 Å². The van der Waals surface area contributed by atoms with Crippen LogP contribution in [0.2, 0.25) is 24.2 Å². The first-order valence-electron chi connectivity index (χ1n) is 18.9. The van der Waals surface area contributed by atoms with E-state index in [9.17, 15) is 0 Å². The summed E-state index contributed by atoms with van der Waals surface area (Å²) in [5.74, 6) is 11.4. The van der Waals surface area contributed by atoms with E-state index < -0.39 is 8.07 Å². The second-order valence-corrected chi connectivity index (χ2v) is 22.1. The zero-order valence-electron chi connectivity index (χ0n) is 29.6. The molecule has 8 rings (SSSR count). The van der Waals surface area contributed by atoms with Crippen LogP contribution in [0.25, 0.3) is 0 Å². The Balaban J connectivity index is 1.24. The van der Waals surface area contributed by atoms with Gasteiger partial charge in [-0.1, -0.05) is 87.6 Å². The van der Waals surface area contributed by atoms with Crippen LogP contribution in [0.4, 0.5) is 0 Å². The fourth-order valence-electron chi connectivity index (χ4n) is 12.8. The Kier molecular flexibility index (Phi) is 8.22. The first-order valence-corrected chi connectivity index (χ1v) is 22.1. The first kappa shape index (κ1) is 31.5. The van der Waals surface area contributed by atoms with Crippen molar-refractivity contribution in [3.8, 4) is 0 Å². The Morgan fingerprint density at radius 3 is 1.28 bits per heavy atom. The lowest BCUT2D eigenvalue weighted by Gasteiger charge is -2.50. The van der Waals surface area contributed by atoms with Gasteiger partial charge in [0.15, 0.2) is 0 Å². The van der Waals surface area contributed by atoms with E-state index in [0.717, 1.165) is 47.0 Å². The van der Waals surface area contributed by atoms with Gasteiger partial charge in [0.1, 0.15) is 23.0 Å². The molecule has 4 fully saturated rings. The van der Waals surface area contributed by atoms with Crippen molar-refractivity contribution in [3.63, 3.8) is 0 Å². The van der Waals surface area contributed by atoms with E-state index in [4.69, 9.17) is 8.83 Å². The van der Waals surface area contributed by atoms with Crippen LogP contribution in [0.15, 0.2) is 93.8 Å². The third-order valence-corrected chi connectivity index (χ3v) is 19.4. The maximum absolute atomic E-state index is 6.64. The first-order chi connectivity index (χ1) is 22.7. The summed E-state index contributed by atoms with van der Waals surface area (Å²) in [5, 5.41) is 0.